The summed E-state index contributed by atoms with van der Waals surface area (Å²) in [6.07, 6.45) is 0.342. The second kappa shape index (κ2) is 4.65. The molecule has 1 unspecified atom stereocenters. The first-order valence-corrected chi connectivity index (χ1v) is 5.55. The van der Waals surface area contributed by atoms with Crippen LogP contribution in [0.2, 0.25) is 0 Å². The third kappa shape index (κ3) is 2.95. The minimum atomic E-state index is -0.569. The molecule has 1 N–H and O–H groups in total. The smallest absolute Gasteiger partial charge is 0.323 e. The van der Waals surface area contributed by atoms with Crippen molar-refractivity contribution in [1.29, 1.82) is 0 Å². The van der Waals surface area contributed by atoms with E-state index in [1.165, 1.54) is 18.8 Å². The zero-order valence-corrected chi connectivity index (χ0v) is 10.1. The highest BCUT2D eigenvalue weighted by Crippen LogP contribution is 2.37. The van der Waals surface area contributed by atoms with E-state index < -0.39 is 6.09 Å². The Kier molecular flexibility index (Phi) is 3.73. The van der Waals surface area contributed by atoms with Gasteiger partial charge in [0, 0.05) is 7.05 Å². The van der Waals surface area contributed by atoms with E-state index in [1.54, 1.807) is 0 Å². The number of oxime groups is 1. The Balaban J connectivity index is 2.68. The van der Waals surface area contributed by atoms with Gasteiger partial charge in [0.15, 0.2) is 5.04 Å². The average molecular weight is 229 g/mol. The number of nitrogens with one attached hydrogen (secondary N) is 1. The van der Waals surface area contributed by atoms with E-state index in [-0.39, 0.29) is 4.87 Å². The Morgan fingerprint density at radius 2 is 2.40 bits per heavy atom. The number of aliphatic imine (C=N–C) groups is 1. The van der Waals surface area contributed by atoms with E-state index in [9.17, 15) is 4.79 Å². The Labute approximate surface area is 93.3 Å². The molecule has 0 aromatic heterocycles. The molecule has 0 spiro atoms. The van der Waals surface area contributed by atoms with Crippen molar-refractivity contribution in [3.8, 4) is 0 Å². The molecule has 84 valence electrons. The molecule has 5 nitrogen and oxygen atoms in total. The Morgan fingerprint density at radius 3 is 2.87 bits per heavy atom. The van der Waals surface area contributed by atoms with Crippen LogP contribution in [0.5, 0.6) is 0 Å². The van der Waals surface area contributed by atoms with Crippen LogP contribution in [0.3, 0.4) is 0 Å². The van der Waals surface area contributed by atoms with E-state index >= 15 is 0 Å². The van der Waals surface area contributed by atoms with E-state index in [0.717, 1.165) is 12.1 Å². The topological polar surface area (TPSA) is 63.1 Å². The number of nitrogens with zero attached hydrogens (tertiary/aromatic N) is 2. The summed E-state index contributed by atoms with van der Waals surface area (Å²) < 4.78 is 0. The summed E-state index contributed by atoms with van der Waals surface area (Å²) in [6.45, 7) is 5.95. The number of rotatable bonds is 2. The van der Waals surface area contributed by atoms with Gasteiger partial charge in [-0.15, -0.1) is 0 Å². The molecule has 15 heavy (non-hydrogen) atoms. The van der Waals surface area contributed by atoms with Gasteiger partial charge in [-0.2, -0.15) is 0 Å². The van der Waals surface area contributed by atoms with Crippen LogP contribution < -0.4 is 5.32 Å². The normalized spacial score (nSPS) is 27.7. The highest BCUT2D eigenvalue weighted by Gasteiger charge is 2.32. The van der Waals surface area contributed by atoms with Crippen molar-refractivity contribution < 1.29 is 9.63 Å². The summed E-state index contributed by atoms with van der Waals surface area (Å²) in [5, 5.41) is 6.75. The fourth-order valence-corrected chi connectivity index (χ4v) is 2.08. The zero-order chi connectivity index (χ0) is 11.5. The van der Waals surface area contributed by atoms with Crippen LogP contribution in [0.4, 0.5) is 4.79 Å². The SMILES string of the molecule is CCC1(C)N=C(C)C(=NOC(=O)NC)S1. The van der Waals surface area contributed by atoms with Crippen molar-refractivity contribution in [1.82, 2.24) is 5.32 Å². The monoisotopic (exact) mass is 229 g/mol. The standard InChI is InChI=1S/C9H15N3O2S/c1-5-9(3)11-6(2)7(15-9)12-14-8(13)10-4/h5H2,1-4H3,(H,10,13). The van der Waals surface area contributed by atoms with Crippen molar-refractivity contribution in [3.63, 3.8) is 0 Å². The summed E-state index contributed by atoms with van der Waals surface area (Å²) in [5.74, 6) is 0. The van der Waals surface area contributed by atoms with Gasteiger partial charge in [-0.1, -0.05) is 23.8 Å². The van der Waals surface area contributed by atoms with Crippen molar-refractivity contribution >= 4 is 28.6 Å². The summed E-state index contributed by atoms with van der Waals surface area (Å²) in [4.78, 5) is 19.7. The lowest BCUT2D eigenvalue weighted by atomic mass is 10.2. The fraction of sp³-hybridized carbons (Fsp3) is 0.667. The Hall–Kier alpha value is -1.04. The van der Waals surface area contributed by atoms with E-state index in [4.69, 9.17) is 0 Å². The number of thioether (sulfide) groups is 1. The highest BCUT2D eigenvalue weighted by molar-refractivity contribution is 8.17. The molecule has 0 aromatic carbocycles. The molecule has 1 aliphatic heterocycles. The predicted octanol–water partition coefficient (Wildman–Crippen LogP) is 1.99. The summed E-state index contributed by atoms with van der Waals surface area (Å²) in [7, 11) is 1.49. The second-order valence-corrected chi connectivity index (χ2v) is 4.82. The van der Waals surface area contributed by atoms with Crippen molar-refractivity contribution in [2.45, 2.75) is 32.1 Å². The molecule has 0 bridgehead atoms. The lowest BCUT2D eigenvalue weighted by Gasteiger charge is -2.15. The third-order valence-corrected chi connectivity index (χ3v) is 3.48. The third-order valence-electron chi connectivity index (χ3n) is 2.10. The van der Waals surface area contributed by atoms with Gasteiger partial charge < -0.3 is 5.32 Å². The second-order valence-electron chi connectivity index (χ2n) is 3.35. The van der Waals surface area contributed by atoms with Gasteiger partial charge in [-0.3, -0.25) is 9.83 Å². The molecule has 0 saturated heterocycles. The maximum Gasteiger partial charge on any atom is 0.433 e. The van der Waals surface area contributed by atoms with Crippen LogP contribution >= 0.6 is 11.8 Å². The number of carbonyl (C=O) groups is 1. The van der Waals surface area contributed by atoms with Crippen molar-refractivity contribution in [2.24, 2.45) is 10.1 Å². The maximum absolute atomic E-state index is 10.8. The molecule has 1 atom stereocenters. The van der Waals surface area contributed by atoms with Gasteiger partial charge in [-0.25, -0.2) is 4.79 Å². The van der Waals surface area contributed by atoms with E-state index in [2.05, 4.69) is 27.2 Å². The molecule has 0 aromatic rings. The van der Waals surface area contributed by atoms with Crippen LogP contribution in [-0.2, 0) is 4.84 Å². The molecule has 1 amide bonds. The summed E-state index contributed by atoms with van der Waals surface area (Å²) in [5.41, 5.74) is 0.813. The van der Waals surface area contributed by atoms with E-state index in [1.807, 2.05) is 13.8 Å². The summed E-state index contributed by atoms with van der Waals surface area (Å²) >= 11 is 1.51. The van der Waals surface area contributed by atoms with Crippen molar-refractivity contribution in [3.05, 3.63) is 0 Å². The van der Waals surface area contributed by atoms with Crippen LogP contribution in [0, 0.1) is 0 Å². The average Bonchev–Trinajstić information content (AvgIpc) is 2.51. The predicted molar refractivity (Wildman–Crippen MR) is 62.4 cm³/mol. The van der Waals surface area contributed by atoms with Crippen LogP contribution in [0.1, 0.15) is 27.2 Å². The number of carbonyl (C=O) groups excluding carboxylic acids is 1. The Bertz CT molecular complexity index is 327. The number of hydrogen-bond donors (Lipinski definition) is 1. The molecular formula is C9H15N3O2S. The molecule has 0 saturated carbocycles. The van der Waals surface area contributed by atoms with Gasteiger partial charge in [0.25, 0.3) is 0 Å². The van der Waals surface area contributed by atoms with Crippen LogP contribution in [-0.4, -0.2) is 28.8 Å². The van der Waals surface area contributed by atoms with E-state index in [0.29, 0.717) is 5.04 Å². The minimum absolute atomic E-state index is 0.172. The first kappa shape index (κ1) is 12.0. The van der Waals surface area contributed by atoms with Gasteiger partial charge in [-0.05, 0) is 20.3 Å². The lowest BCUT2D eigenvalue weighted by Crippen LogP contribution is -2.18. The van der Waals surface area contributed by atoms with Crippen molar-refractivity contribution in [2.75, 3.05) is 7.05 Å². The molecule has 6 heteroatoms. The molecule has 0 aliphatic carbocycles. The van der Waals surface area contributed by atoms with Crippen LogP contribution in [0.15, 0.2) is 10.1 Å². The maximum atomic E-state index is 10.8. The molecule has 1 aliphatic rings. The first-order valence-electron chi connectivity index (χ1n) is 4.73. The number of amides is 1. The molecule has 0 fully saturated rings. The largest absolute Gasteiger partial charge is 0.433 e. The molecular weight excluding hydrogens is 214 g/mol. The summed E-state index contributed by atoms with van der Waals surface area (Å²) in [6, 6.07) is 0. The fourth-order valence-electron chi connectivity index (χ4n) is 1.07. The quantitative estimate of drug-likeness (QED) is 0.581. The first-order chi connectivity index (χ1) is 7.00. The lowest BCUT2D eigenvalue weighted by molar-refractivity contribution is 0.154. The van der Waals surface area contributed by atoms with Gasteiger partial charge in [0.05, 0.1) is 5.71 Å². The van der Waals surface area contributed by atoms with Gasteiger partial charge in [0.1, 0.15) is 4.87 Å². The van der Waals surface area contributed by atoms with Gasteiger partial charge >= 0.3 is 6.09 Å². The molecule has 0 radical (unpaired) electrons. The minimum Gasteiger partial charge on any atom is -0.323 e. The highest BCUT2D eigenvalue weighted by atomic mass is 32.2. The molecule has 1 rings (SSSR count). The van der Waals surface area contributed by atoms with Gasteiger partial charge in [0.2, 0.25) is 0 Å². The Morgan fingerprint density at radius 1 is 1.73 bits per heavy atom. The zero-order valence-electron chi connectivity index (χ0n) is 9.33. The number of hydrogen-bond acceptors (Lipinski definition) is 5. The molecule has 1 heterocycles. The van der Waals surface area contributed by atoms with Crippen LogP contribution in [0.25, 0.3) is 0 Å².